The van der Waals surface area contributed by atoms with Crippen LogP contribution in [0.2, 0.25) is 0 Å². The Bertz CT molecular complexity index is 734. The zero-order chi connectivity index (χ0) is 14.4. The molecule has 5 nitrogen and oxygen atoms in total. The zero-order valence-electron chi connectivity index (χ0n) is 10.2. The molecule has 2 N–H and O–H groups in total. The third kappa shape index (κ3) is 2.30. The average Bonchev–Trinajstić information content (AvgIpc) is 2.57. The molecule has 0 bridgehead atoms. The topological polar surface area (TPSA) is 78.0 Å². The smallest absolute Gasteiger partial charge is 0.181 e. The molecule has 2 rings (SSSR count). The first-order valence-corrected chi connectivity index (χ1v) is 7.09. The van der Waals surface area contributed by atoms with Gasteiger partial charge in [0, 0.05) is 24.9 Å². The predicted molar refractivity (Wildman–Crippen MR) is 66.1 cm³/mol. The summed E-state index contributed by atoms with van der Waals surface area (Å²) in [5.74, 6) is -2.02. The molecule has 1 aromatic carbocycles. The van der Waals surface area contributed by atoms with Gasteiger partial charge in [-0.25, -0.2) is 17.2 Å². The summed E-state index contributed by atoms with van der Waals surface area (Å²) in [5, 5.41) is 3.93. The van der Waals surface area contributed by atoms with Crippen molar-refractivity contribution in [1.82, 2.24) is 9.78 Å². The van der Waals surface area contributed by atoms with Crippen molar-refractivity contribution in [1.29, 1.82) is 0 Å². The summed E-state index contributed by atoms with van der Waals surface area (Å²) in [4.78, 5) is -0.964. The number of nitrogens with two attached hydrogens (primary N) is 1. The van der Waals surface area contributed by atoms with Crippen LogP contribution >= 0.6 is 0 Å². The summed E-state index contributed by atoms with van der Waals surface area (Å²) in [6, 6.07) is 3.39. The number of hydrogen-bond acceptors (Lipinski definition) is 4. The summed E-state index contributed by atoms with van der Waals surface area (Å²) in [6.45, 7) is 0. The molecule has 0 radical (unpaired) electrons. The maximum Gasteiger partial charge on any atom is 0.181 e. The number of halogens is 2. The molecule has 0 atom stereocenters. The van der Waals surface area contributed by atoms with E-state index in [9.17, 15) is 17.2 Å². The van der Waals surface area contributed by atoms with E-state index in [4.69, 9.17) is 5.73 Å². The Labute approximate surface area is 108 Å². The lowest BCUT2D eigenvalue weighted by Gasteiger charge is -2.06. The van der Waals surface area contributed by atoms with Gasteiger partial charge in [-0.15, -0.1) is 0 Å². The molecule has 0 saturated carbocycles. The van der Waals surface area contributed by atoms with Gasteiger partial charge in [-0.2, -0.15) is 5.10 Å². The summed E-state index contributed by atoms with van der Waals surface area (Å²) >= 11 is 0. The Morgan fingerprint density at radius 2 is 1.95 bits per heavy atom. The van der Waals surface area contributed by atoms with Crippen molar-refractivity contribution in [3.05, 3.63) is 29.8 Å². The maximum atomic E-state index is 14.1. The molecule has 0 aliphatic carbocycles. The van der Waals surface area contributed by atoms with Gasteiger partial charge >= 0.3 is 0 Å². The third-order valence-electron chi connectivity index (χ3n) is 2.61. The molecule has 0 aliphatic rings. The van der Waals surface area contributed by atoms with Crippen molar-refractivity contribution in [3.8, 4) is 11.3 Å². The summed E-state index contributed by atoms with van der Waals surface area (Å²) in [5.41, 5.74) is 5.59. The number of nitrogens with zero attached hydrogens (tertiary/aromatic N) is 2. The van der Waals surface area contributed by atoms with Crippen LogP contribution in [0, 0.1) is 11.6 Å². The maximum absolute atomic E-state index is 14.1. The van der Waals surface area contributed by atoms with Crippen LogP contribution in [0.5, 0.6) is 0 Å². The monoisotopic (exact) mass is 287 g/mol. The van der Waals surface area contributed by atoms with Crippen molar-refractivity contribution < 1.29 is 17.2 Å². The van der Waals surface area contributed by atoms with Crippen molar-refractivity contribution in [3.63, 3.8) is 0 Å². The first-order chi connectivity index (χ1) is 8.71. The van der Waals surface area contributed by atoms with Gasteiger partial charge in [0.15, 0.2) is 15.7 Å². The largest absolute Gasteiger partial charge is 0.384 e. The normalized spacial score (nSPS) is 11.8. The fourth-order valence-corrected chi connectivity index (χ4v) is 2.54. The van der Waals surface area contributed by atoms with Gasteiger partial charge in [0.2, 0.25) is 0 Å². The van der Waals surface area contributed by atoms with Crippen LogP contribution in [0.3, 0.4) is 0 Å². The lowest BCUT2D eigenvalue weighted by Crippen LogP contribution is -2.06. The SMILES string of the molecule is Cn1nc(-c2ccc(F)c(S(C)(=O)=O)c2F)cc1N. The fourth-order valence-electron chi connectivity index (χ4n) is 1.68. The Hall–Kier alpha value is -1.96. The zero-order valence-corrected chi connectivity index (χ0v) is 11.0. The number of hydrogen-bond donors (Lipinski definition) is 1. The highest BCUT2D eigenvalue weighted by Crippen LogP contribution is 2.29. The molecule has 0 amide bonds. The van der Waals surface area contributed by atoms with E-state index in [2.05, 4.69) is 5.10 Å². The molecule has 8 heteroatoms. The molecule has 102 valence electrons. The van der Waals surface area contributed by atoms with Gasteiger partial charge in [0.25, 0.3) is 0 Å². The highest BCUT2D eigenvalue weighted by molar-refractivity contribution is 7.90. The van der Waals surface area contributed by atoms with E-state index in [1.807, 2.05) is 0 Å². The van der Waals surface area contributed by atoms with Crippen molar-refractivity contribution in [2.24, 2.45) is 7.05 Å². The van der Waals surface area contributed by atoms with Crippen LogP contribution in [0.4, 0.5) is 14.6 Å². The van der Waals surface area contributed by atoms with Crippen LogP contribution < -0.4 is 5.73 Å². The minimum absolute atomic E-state index is 0.117. The lowest BCUT2D eigenvalue weighted by atomic mass is 10.1. The number of anilines is 1. The van der Waals surface area contributed by atoms with E-state index in [1.54, 1.807) is 7.05 Å². The molecule has 19 heavy (non-hydrogen) atoms. The Morgan fingerprint density at radius 3 is 2.42 bits per heavy atom. The number of nitrogen functional groups attached to an aromatic ring is 1. The minimum Gasteiger partial charge on any atom is -0.384 e. The quantitative estimate of drug-likeness (QED) is 0.904. The van der Waals surface area contributed by atoms with E-state index < -0.39 is 26.4 Å². The van der Waals surface area contributed by atoms with Crippen LogP contribution in [-0.2, 0) is 16.9 Å². The van der Waals surface area contributed by atoms with Gasteiger partial charge in [-0.05, 0) is 12.1 Å². The number of aromatic nitrogens is 2. The third-order valence-corrected chi connectivity index (χ3v) is 3.73. The van der Waals surface area contributed by atoms with E-state index >= 15 is 0 Å². The van der Waals surface area contributed by atoms with Crippen molar-refractivity contribution in [2.45, 2.75) is 4.90 Å². The highest BCUT2D eigenvalue weighted by atomic mass is 32.2. The predicted octanol–water partition coefficient (Wildman–Crippen LogP) is 1.35. The average molecular weight is 287 g/mol. The van der Waals surface area contributed by atoms with Crippen LogP contribution in [-0.4, -0.2) is 24.5 Å². The molecule has 0 fully saturated rings. The van der Waals surface area contributed by atoms with Gasteiger partial charge in [0.1, 0.15) is 16.5 Å². The molecule has 0 spiro atoms. The van der Waals surface area contributed by atoms with Gasteiger partial charge in [0.05, 0.1) is 5.69 Å². The standard InChI is InChI=1S/C11H11F2N3O2S/c1-16-9(14)5-8(15-16)6-3-4-7(12)11(10(6)13)19(2,17)18/h3-5H,14H2,1-2H3. The first-order valence-electron chi connectivity index (χ1n) is 5.19. The molecule has 1 aromatic heterocycles. The Balaban J connectivity index is 2.74. The molecular formula is C11H11F2N3O2S. The Morgan fingerprint density at radius 1 is 1.32 bits per heavy atom. The van der Waals surface area contributed by atoms with Gasteiger partial charge < -0.3 is 5.73 Å². The van der Waals surface area contributed by atoms with Gasteiger partial charge in [-0.1, -0.05) is 0 Å². The van der Waals surface area contributed by atoms with E-state index in [1.165, 1.54) is 10.7 Å². The summed E-state index contributed by atoms with van der Waals surface area (Å²) in [6.07, 6.45) is 0.741. The van der Waals surface area contributed by atoms with E-state index in [0.717, 1.165) is 18.4 Å². The Kier molecular flexibility index (Phi) is 3.05. The number of benzene rings is 1. The first kappa shape index (κ1) is 13.5. The summed E-state index contributed by atoms with van der Waals surface area (Å²) in [7, 11) is -2.46. The minimum atomic E-state index is -4.01. The molecule has 0 saturated heterocycles. The molecule has 0 aliphatic heterocycles. The van der Waals surface area contributed by atoms with Crippen molar-refractivity contribution >= 4 is 15.7 Å². The second kappa shape index (κ2) is 4.30. The molecule has 0 unspecified atom stereocenters. The number of rotatable bonds is 2. The highest BCUT2D eigenvalue weighted by Gasteiger charge is 2.24. The molecule has 2 aromatic rings. The number of aryl methyl sites for hydroxylation is 1. The van der Waals surface area contributed by atoms with E-state index in [0.29, 0.717) is 0 Å². The molecular weight excluding hydrogens is 276 g/mol. The van der Waals surface area contributed by atoms with Crippen LogP contribution in [0.15, 0.2) is 23.1 Å². The van der Waals surface area contributed by atoms with E-state index in [-0.39, 0.29) is 17.1 Å². The number of sulfone groups is 1. The van der Waals surface area contributed by atoms with Gasteiger partial charge in [-0.3, -0.25) is 4.68 Å². The van der Waals surface area contributed by atoms with Crippen molar-refractivity contribution in [2.75, 3.05) is 12.0 Å². The summed E-state index contributed by atoms with van der Waals surface area (Å²) < 4.78 is 51.7. The van der Waals surface area contributed by atoms with Crippen LogP contribution in [0.1, 0.15) is 0 Å². The molecule has 1 heterocycles. The fraction of sp³-hybridized carbons (Fsp3) is 0.182. The second-order valence-corrected chi connectivity index (χ2v) is 6.04. The second-order valence-electron chi connectivity index (χ2n) is 4.09. The van der Waals surface area contributed by atoms with Crippen LogP contribution in [0.25, 0.3) is 11.3 Å². The lowest BCUT2D eigenvalue weighted by molar-refractivity contribution is 0.523.